The molecule has 0 radical (unpaired) electrons. The lowest BCUT2D eigenvalue weighted by Gasteiger charge is -2.11. The molecule has 1 heterocycles. The number of amides is 1. The van der Waals surface area contributed by atoms with Crippen LogP contribution in [-0.4, -0.2) is 48.0 Å². The molecule has 0 saturated carbocycles. The lowest BCUT2D eigenvalue weighted by atomic mass is 10.1. The molecule has 3 aromatic rings. The number of rotatable bonds is 11. The Morgan fingerprint density at radius 1 is 1.03 bits per heavy atom. The molecule has 0 unspecified atom stereocenters. The van der Waals surface area contributed by atoms with E-state index >= 15 is 0 Å². The molecule has 2 aromatic carbocycles. The van der Waals surface area contributed by atoms with Crippen LogP contribution >= 0.6 is 0 Å². The molecule has 1 aromatic heterocycles. The first-order valence-electron chi connectivity index (χ1n) is 11.3. The number of hydrogen-bond donors (Lipinski definition) is 1. The van der Waals surface area contributed by atoms with Gasteiger partial charge in [0.2, 0.25) is 0 Å². The smallest absolute Gasteiger partial charge is 0.358 e. The summed E-state index contributed by atoms with van der Waals surface area (Å²) in [6, 6.07) is 16.8. The van der Waals surface area contributed by atoms with Crippen LogP contribution in [0.1, 0.15) is 53.1 Å². The summed E-state index contributed by atoms with van der Waals surface area (Å²) >= 11 is 0. The van der Waals surface area contributed by atoms with Gasteiger partial charge in [-0.15, -0.1) is 0 Å². The predicted molar refractivity (Wildman–Crippen MR) is 128 cm³/mol. The molecule has 0 aliphatic heterocycles. The Bertz CT molecular complexity index is 1070. The van der Waals surface area contributed by atoms with Gasteiger partial charge in [0, 0.05) is 30.9 Å². The fourth-order valence-electron chi connectivity index (χ4n) is 3.41. The molecule has 1 amide bonds. The molecule has 174 valence electrons. The van der Waals surface area contributed by atoms with Crippen LogP contribution in [0.2, 0.25) is 0 Å². The number of nitrogens with zero attached hydrogens (tertiary/aromatic N) is 2. The quantitative estimate of drug-likeness (QED) is 0.342. The zero-order valence-electron chi connectivity index (χ0n) is 19.5. The Balaban J connectivity index is 1.80. The number of ether oxygens (including phenoxy) is 2. The number of hydrogen-bond acceptors (Lipinski definition) is 5. The van der Waals surface area contributed by atoms with E-state index in [0.717, 1.165) is 42.0 Å². The molecule has 0 saturated heterocycles. The molecular weight excluding hydrogens is 418 g/mol. The van der Waals surface area contributed by atoms with Crippen LogP contribution in [0.25, 0.3) is 16.9 Å². The first kappa shape index (κ1) is 24.2. The molecule has 3 rings (SSSR count). The normalized spacial score (nSPS) is 10.8. The predicted octanol–water partition coefficient (Wildman–Crippen LogP) is 4.57. The number of aromatic nitrogens is 2. The summed E-state index contributed by atoms with van der Waals surface area (Å²) in [6.45, 7) is 8.05. The Labute approximate surface area is 194 Å². The van der Waals surface area contributed by atoms with Crippen molar-refractivity contribution in [2.24, 2.45) is 0 Å². The van der Waals surface area contributed by atoms with Gasteiger partial charge in [-0.05, 0) is 62.6 Å². The van der Waals surface area contributed by atoms with Crippen molar-refractivity contribution in [1.82, 2.24) is 15.1 Å². The van der Waals surface area contributed by atoms with Gasteiger partial charge < -0.3 is 14.8 Å². The van der Waals surface area contributed by atoms with E-state index in [2.05, 4.69) is 17.3 Å². The van der Waals surface area contributed by atoms with E-state index in [-0.39, 0.29) is 18.2 Å². The summed E-state index contributed by atoms with van der Waals surface area (Å²) < 4.78 is 12.3. The number of carbonyl (C=O) groups excluding carboxylic acids is 2. The molecule has 7 nitrogen and oxygen atoms in total. The largest absolute Gasteiger partial charge is 0.461 e. The lowest BCUT2D eigenvalue weighted by molar-refractivity contribution is 0.0518. The summed E-state index contributed by atoms with van der Waals surface area (Å²) in [5.41, 5.74) is 4.35. The van der Waals surface area contributed by atoms with Crippen molar-refractivity contribution in [2.45, 2.75) is 33.6 Å². The topological polar surface area (TPSA) is 82.5 Å². The van der Waals surface area contributed by atoms with Crippen molar-refractivity contribution in [3.8, 4) is 16.9 Å². The van der Waals surface area contributed by atoms with E-state index in [1.54, 1.807) is 29.8 Å². The molecule has 0 spiro atoms. The van der Waals surface area contributed by atoms with E-state index in [1.165, 1.54) is 0 Å². The summed E-state index contributed by atoms with van der Waals surface area (Å²) in [5.74, 6) is -0.603. The number of aryl methyl sites for hydroxylation is 1. The second kappa shape index (κ2) is 12.0. The zero-order chi connectivity index (χ0) is 23.6. The van der Waals surface area contributed by atoms with Crippen LogP contribution in [0.3, 0.4) is 0 Å². The Morgan fingerprint density at radius 2 is 1.79 bits per heavy atom. The standard InChI is InChI=1S/C26H31N3O4/c1-4-16-32-17-8-15-27-25(30)20-11-13-21(14-12-20)29-24(22-10-7-6-9-19(22)3)18-23(28-29)26(31)33-5-2/h6-7,9-14,18H,4-5,8,15-17H2,1-3H3,(H,27,30). The number of benzene rings is 2. The third kappa shape index (κ3) is 6.29. The summed E-state index contributed by atoms with van der Waals surface area (Å²) in [7, 11) is 0. The van der Waals surface area contributed by atoms with Gasteiger partial charge in [0.1, 0.15) is 0 Å². The Hall–Kier alpha value is -3.45. The maximum Gasteiger partial charge on any atom is 0.358 e. The SMILES string of the molecule is CCCOCCCNC(=O)c1ccc(-n2nc(C(=O)OCC)cc2-c2ccccc2C)cc1. The van der Waals surface area contributed by atoms with Crippen molar-refractivity contribution < 1.29 is 19.1 Å². The maximum absolute atomic E-state index is 12.4. The summed E-state index contributed by atoms with van der Waals surface area (Å²) in [5, 5.41) is 7.41. The molecule has 33 heavy (non-hydrogen) atoms. The first-order valence-corrected chi connectivity index (χ1v) is 11.3. The first-order chi connectivity index (χ1) is 16.0. The lowest BCUT2D eigenvalue weighted by Crippen LogP contribution is -2.25. The van der Waals surface area contributed by atoms with Gasteiger partial charge in [-0.25, -0.2) is 9.48 Å². The Kier molecular flexibility index (Phi) is 8.78. The van der Waals surface area contributed by atoms with E-state index in [0.29, 0.717) is 18.7 Å². The fourth-order valence-corrected chi connectivity index (χ4v) is 3.41. The van der Waals surface area contributed by atoms with Gasteiger partial charge in [0.25, 0.3) is 5.91 Å². The van der Waals surface area contributed by atoms with Gasteiger partial charge in [-0.3, -0.25) is 4.79 Å². The molecule has 0 bridgehead atoms. The molecule has 0 aliphatic rings. The molecule has 1 N–H and O–H groups in total. The molecule has 7 heteroatoms. The summed E-state index contributed by atoms with van der Waals surface area (Å²) in [4.78, 5) is 24.8. The fraction of sp³-hybridized carbons (Fsp3) is 0.346. The number of carbonyl (C=O) groups is 2. The minimum absolute atomic E-state index is 0.135. The minimum atomic E-state index is -0.468. The van der Waals surface area contributed by atoms with Crippen LogP contribution in [0.15, 0.2) is 54.6 Å². The minimum Gasteiger partial charge on any atom is -0.461 e. The second-order valence-electron chi connectivity index (χ2n) is 7.63. The van der Waals surface area contributed by atoms with Gasteiger partial charge in [-0.1, -0.05) is 31.2 Å². The number of esters is 1. The van der Waals surface area contributed by atoms with Crippen molar-refractivity contribution in [1.29, 1.82) is 0 Å². The van der Waals surface area contributed by atoms with Crippen molar-refractivity contribution in [2.75, 3.05) is 26.4 Å². The van der Waals surface area contributed by atoms with Crippen LogP contribution < -0.4 is 5.32 Å². The number of nitrogens with one attached hydrogen (secondary N) is 1. The molecule has 0 atom stereocenters. The average molecular weight is 450 g/mol. The summed E-state index contributed by atoms with van der Waals surface area (Å²) in [6.07, 6.45) is 1.76. The second-order valence-corrected chi connectivity index (χ2v) is 7.63. The zero-order valence-corrected chi connectivity index (χ0v) is 19.5. The van der Waals surface area contributed by atoms with Crippen molar-refractivity contribution >= 4 is 11.9 Å². The maximum atomic E-state index is 12.4. The van der Waals surface area contributed by atoms with Gasteiger partial charge in [-0.2, -0.15) is 5.10 Å². The molecule has 0 fully saturated rings. The van der Waals surface area contributed by atoms with Gasteiger partial charge in [0.05, 0.1) is 18.0 Å². The van der Waals surface area contributed by atoms with E-state index in [4.69, 9.17) is 9.47 Å². The monoisotopic (exact) mass is 449 g/mol. The van der Waals surface area contributed by atoms with E-state index in [9.17, 15) is 9.59 Å². The van der Waals surface area contributed by atoms with Crippen LogP contribution in [0.4, 0.5) is 0 Å². The van der Waals surface area contributed by atoms with Gasteiger partial charge in [0.15, 0.2) is 5.69 Å². The molecular formula is C26H31N3O4. The highest BCUT2D eigenvalue weighted by Crippen LogP contribution is 2.27. The van der Waals surface area contributed by atoms with E-state index < -0.39 is 5.97 Å². The third-order valence-corrected chi connectivity index (χ3v) is 5.09. The highest BCUT2D eigenvalue weighted by atomic mass is 16.5. The van der Waals surface area contributed by atoms with Crippen LogP contribution in [0.5, 0.6) is 0 Å². The third-order valence-electron chi connectivity index (χ3n) is 5.09. The van der Waals surface area contributed by atoms with Gasteiger partial charge >= 0.3 is 5.97 Å². The van der Waals surface area contributed by atoms with Crippen molar-refractivity contribution in [3.63, 3.8) is 0 Å². The highest BCUT2D eigenvalue weighted by molar-refractivity contribution is 5.94. The van der Waals surface area contributed by atoms with Crippen molar-refractivity contribution in [3.05, 3.63) is 71.4 Å². The highest BCUT2D eigenvalue weighted by Gasteiger charge is 2.19. The Morgan fingerprint density at radius 3 is 2.48 bits per heavy atom. The average Bonchev–Trinajstić information content (AvgIpc) is 3.27. The van der Waals surface area contributed by atoms with Crippen LogP contribution in [0, 0.1) is 6.92 Å². The van der Waals surface area contributed by atoms with Crippen LogP contribution in [-0.2, 0) is 9.47 Å². The van der Waals surface area contributed by atoms with E-state index in [1.807, 2.05) is 43.3 Å². The molecule has 0 aliphatic carbocycles.